The van der Waals surface area contributed by atoms with Crippen LogP contribution in [0.1, 0.15) is 0 Å². The van der Waals surface area contributed by atoms with Gasteiger partial charge in [-0.25, -0.2) is 0 Å². The van der Waals surface area contributed by atoms with E-state index in [1.807, 2.05) is 24.3 Å². The maximum atomic E-state index is 5.91. The lowest BCUT2D eigenvalue weighted by Crippen LogP contribution is -1.76. The Morgan fingerprint density at radius 3 is 2.39 bits per heavy atom. The minimum absolute atomic E-state index is 0.932. The van der Waals surface area contributed by atoms with Crippen molar-refractivity contribution in [1.82, 2.24) is 0 Å². The molecule has 0 spiro atoms. The van der Waals surface area contributed by atoms with Crippen LogP contribution in [-0.4, -0.2) is 0 Å². The van der Waals surface area contributed by atoms with Gasteiger partial charge in [0.2, 0.25) is 0 Å². The van der Waals surface area contributed by atoms with E-state index in [-0.39, 0.29) is 0 Å². The first-order chi connectivity index (χ1) is 8.84. The van der Waals surface area contributed by atoms with Crippen LogP contribution in [0.15, 0.2) is 63.5 Å². The lowest BCUT2D eigenvalue weighted by atomic mass is 10.1. The quantitative estimate of drug-likeness (QED) is 0.417. The molecule has 0 aliphatic heterocycles. The third-order valence-electron chi connectivity index (χ3n) is 3.33. The van der Waals surface area contributed by atoms with E-state index >= 15 is 0 Å². The molecule has 4 aromatic rings. The Morgan fingerprint density at radius 2 is 1.50 bits per heavy atom. The Hall–Kier alpha value is -1.80. The Balaban J connectivity index is 2.34. The normalized spacial score (nSPS) is 11.6. The number of para-hydroxylation sites is 1. The summed E-state index contributed by atoms with van der Waals surface area (Å²) in [5.41, 5.74) is 1.87. The number of rotatable bonds is 0. The zero-order chi connectivity index (χ0) is 12.1. The molecule has 1 heterocycles. The number of hydrogen-bond acceptors (Lipinski definition) is 1. The summed E-state index contributed by atoms with van der Waals surface area (Å²) in [6.07, 6.45) is 0. The largest absolute Gasteiger partial charge is 0.456 e. The van der Waals surface area contributed by atoms with Crippen molar-refractivity contribution in [3.05, 3.63) is 59.1 Å². The van der Waals surface area contributed by atoms with Gasteiger partial charge in [-0.05, 0) is 38.8 Å². The number of hydrogen-bond donors (Lipinski definition) is 0. The lowest BCUT2D eigenvalue weighted by molar-refractivity contribution is 0.669. The molecule has 0 saturated heterocycles. The van der Waals surface area contributed by atoms with Crippen LogP contribution in [0.4, 0.5) is 0 Å². The molecule has 86 valence electrons. The second-order valence-electron chi connectivity index (χ2n) is 4.38. The first kappa shape index (κ1) is 10.2. The van der Waals surface area contributed by atoms with Gasteiger partial charge in [0.1, 0.15) is 11.2 Å². The highest BCUT2D eigenvalue weighted by molar-refractivity contribution is 9.10. The average Bonchev–Trinajstić information content (AvgIpc) is 2.77. The van der Waals surface area contributed by atoms with Gasteiger partial charge in [-0.2, -0.15) is 0 Å². The van der Waals surface area contributed by atoms with E-state index in [1.54, 1.807) is 0 Å². The van der Waals surface area contributed by atoms with Crippen LogP contribution < -0.4 is 0 Å². The van der Waals surface area contributed by atoms with E-state index in [0.717, 1.165) is 26.4 Å². The Bertz CT molecular complexity index is 889. The van der Waals surface area contributed by atoms with E-state index in [4.69, 9.17) is 4.42 Å². The van der Waals surface area contributed by atoms with Crippen molar-refractivity contribution in [2.24, 2.45) is 0 Å². The van der Waals surface area contributed by atoms with Gasteiger partial charge in [0.05, 0.1) is 0 Å². The summed E-state index contributed by atoms with van der Waals surface area (Å²) in [4.78, 5) is 0. The van der Waals surface area contributed by atoms with Crippen LogP contribution >= 0.6 is 15.9 Å². The highest BCUT2D eigenvalue weighted by Crippen LogP contribution is 2.38. The van der Waals surface area contributed by atoms with Crippen LogP contribution in [0.3, 0.4) is 0 Å². The van der Waals surface area contributed by atoms with Crippen molar-refractivity contribution in [3.63, 3.8) is 0 Å². The second-order valence-corrected chi connectivity index (χ2v) is 5.18. The SMILES string of the molecule is Brc1c2ccccc2cc2oc3ccccc3c12. The fraction of sp³-hybridized carbons (Fsp3) is 0. The van der Waals surface area contributed by atoms with Gasteiger partial charge < -0.3 is 4.42 Å². The molecule has 0 saturated carbocycles. The van der Waals surface area contributed by atoms with Crippen molar-refractivity contribution in [2.75, 3.05) is 0 Å². The standard InChI is InChI=1S/C16H9BrO/c17-16-11-6-2-1-5-10(11)9-14-15(16)12-7-3-4-8-13(12)18-14/h1-9H. The summed E-state index contributed by atoms with van der Waals surface area (Å²) in [7, 11) is 0. The highest BCUT2D eigenvalue weighted by Gasteiger charge is 2.12. The Kier molecular flexibility index (Phi) is 2.03. The molecular formula is C16H9BrO. The van der Waals surface area contributed by atoms with Crippen LogP contribution in [0.25, 0.3) is 32.7 Å². The van der Waals surface area contributed by atoms with Crippen LogP contribution in [0.2, 0.25) is 0 Å². The van der Waals surface area contributed by atoms with Gasteiger partial charge in [-0.15, -0.1) is 0 Å². The lowest BCUT2D eigenvalue weighted by Gasteiger charge is -2.01. The predicted octanol–water partition coefficient (Wildman–Crippen LogP) is 5.50. The Morgan fingerprint density at radius 1 is 0.778 bits per heavy atom. The summed E-state index contributed by atoms with van der Waals surface area (Å²) < 4.78 is 7.02. The average molecular weight is 297 g/mol. The molecule has 0 radical (unpaired) electrons. The summed E-state index contributed by atoms with van der Waals surface area (Å²) >= 11 is 3.72. The molecule has 4 rings (SSSR count). The summed E-state index contributed by atoms with van der Waals surface area (Å²) in [5.74, 6) is 0. The molecule has 3 aromatic carbocycles. The highest BCUT2D eigenvalue weighted by atomic mass is 79.9. The van der Waals surface area contributed by atoms with Crippen molar-refractivity contribution in [3.8, 4) is 0 Å². The third kappa shape index (κ3) is 1.27. The number of halogens is 1. The first-order valence-corrected chi connectivity index (χ1v) is 6.62. The Labute approximate surface area is 112 Å². The molecule has 2 heteroatoms. The number of furan rings is 1. The fourth-order valence-electron chi connectivity index (χ4n) is 2.49. The molecule has 0 amide bonds. The van der Waals surface area contributed by atoms with Gasteiger partial charge in [-0.3, -0.25) is 0 Å². The van der Waals surface area contributed by atoms with Gasteiger partial charge in [0.15, 0.2) is 0 Å². The molecule has 0 atom stereocenters. The zero-order valence-electron chi connectivity index (χ0n) is 9.48. The molecule has 0 aliphatic rings. The summed E-state index contributed by atoms with van der Waals surface area (Å²) in [6, 6.07) is 18.6. The molecule has 1 aromatic heterocycles. The van der Waals surface area contributed by atoms with Crippen molar-refractivity contribution >= 4 is 48.6 Å². The van der Waals surface area contributed by atoms with Crippen molar-refractivity contribution in [1.29, 1.82) is 0 Å². The van der Waals surface area contributed by atoms with E-state index in [0.29, 0.717) is 0 Å². The second kappa shape index (κ2) is 3.59. The van der Waals surface area contributed by atoms with Crippen molar-refractivity contribution < 1.29 is 4.42 Å². The molecule has 0 aliphatic carbocycles. The maximum Gasteiger partial charge on any atom is 0.137 e. The van der Waals surface area contributed by atoms with Gasteiger partial charge in [-0.1, -0.05) is 42.5 Å². The minimum Gasteiger partial charge on any atom is -0.456 e. The van der Waals surface area contributed by atoms with Crippen LogP contribution in [-0.2, 0) is 0 Å². The molecule has 0 unspecified atom stereocenters. The summed E-state index contributed by atoms with van der Waals surface area (Å²) in [6.45, 7) is 0. The van der Waals surface area contributed by atoms with Gasteiger partial charge in [0.25, 0.3) is 0 Å². The molecular weight excluding hydrogens is 288 g/mol. The zero-order valence-corrected chi connectivity index (χ0v) is 11.1. The van der Waals surface area contributed by atoms with Crippen LogP contribution in [0.5, 0.6) is 0 Å². The molecule has 0 bridgehead atoms. The first-order valence-electron chi connectivity index (χ1n) is 5.83. The fourth-order valence-corrected chi connectivity index (χ4v) is 3.26. The van der Waals surface area contributed by atoms with E-state index in [9.17, 15) is 0 Å². The number of benzene rings is 3. The van der Waals surface area contributed by atoms with Crippen molar-refractivity contribution in [2.45, 2.75) is 0 Å². The topological polar surface area (TPSA) is 13.1 Å². The monoisotopic (exact) mass is 296 g/mol. The molecule has 0 fully saturated rings. The predicted molar refractivity (Wildman–Crippen MR) is 78.9 cm³/mol. The minimum atomic E-state index is 0.932. The van der Waals surface area contributed by atoms with E-state index in [2.05, 4.69) is 46.3 Å². The number of fused-ring (bicyclic) bond motifs is 4. The smallest absolute Gasteiger partial charge is 0.137 e. The van der Waals surface area contributed by atoms with Gasteiger partial charge in [0, 0.05) is 15.2 Å². The molecule has 18 heavy (non-hydrogen) atoms. The third-order valence-corrected chi connectivity index (χ3v) is 4.15. The summed E-state index contributed by atoms with van der Waals surface area (Å²) in [5, 5.41) is 4.72. The van der Waals surface area contributed by atoms with E-state index in [1.165, 1.54) is 10.8 Å². The molecule has 0 N–H and O–H groups in total. The maximum absolute atomic E-state index is 5.91. The van der Waals surface area contributed by atoms with Gasteiger partial charge >= 0.3 is 0 Å². The van der Waals surface area contributed by atoms with Crippen LogP contribution in [0, 0.1) is 0 Å². The molecule has 1 nitrogen and oxygen atoms in total. The van der Waals surface area contributed by atoms with E-state index < -0.39 is 0 Å².